The summed E-state index contributed by atoms with van der Waals surface area (Å²) < 4.78 is 45.5. The fourth-order valence-electron chi connectivity index (χ4n) is 5.10. The summed E-state index contributed by atoms with van der Waals surface area (Å²) in [6.45, 7) is 8.86. The molecule has 0 radical (unpaired) electrons. The average Bonchev–Trinajstić information content (AvgIpc) is 3.38. The summed E-state index contributed by atoms with van der Waals surface area (Å²) in [6.07, 6.45) is 0.406. The number of carbonyl (C=O) groups excluding carboxylic acids is 1. The number of sulfonamides is 1. The number of aromatic nitrogens is 1. The molecule has 0 bridgehead atoms. The lowest BCUT2D eigenvalue weighted by Gasteiger charge is -2.34. The first kappa shape index (κ1) is 28.9. The van der Waals surface area contributed by atoms with Crippen LogP contribution in [-0.4, -0.2) is 100 Å². The number of carbonyl (C=O) groups is 1. The lowest BCUT2D eigenvalue weighted by molar-refractivity contribution is -0.0440. The van der Waals surface area contributed by atoms with E-state index in [1.165, 1.54) is 27.8 Å². The zero-order valence-corrected chi connectivity index (χ0v) is 24.7. The van der Waals surface area contributed by atoms with Crippen LogP contribution in [0.5, 0.6) is 5.75 Å². The second-order valence-electron chi connectivity index (χ2n) is 10.2. The van der Waals surface area contributed by atoms with Crippen molar-refractivity contribution in [2.75, 3.05) is 64.5 Å². The summed E-state index contributed by atoms with van der Waals surface area (Å²) in [5.41, 5.74) is 1.17. The largest absolute Gasteiger partial charge is 0.497 e. The number of hydrogen-bond donors (Lipinski definition) is 0. The van der Waals surface area contributed by atoms with Gasteiger partial charge in [-0.2, -0.15) is 4.31 Å². The zero-order valence-electron chi connectivity index (χ0n) is 23.1. The fourth-order valence-corrected chi connectivity index (χ4v) is 7.66. The number of amides is 1. The van der Waals surface area contributed by atoms with Gasteiger partial charge in [0.2, 0.25) is 10.0 Å². The van der Waals surface area contributed by atoms with Crippen molar-refractivity contribution in [1.82, 2.24) is 14.2 Å². The van der Waals surface area contributed by atoms with E-state index in [4.69, 9.17) is 19.2 Å². The molecule has 2 atom stereocenters. The maximum atomic E-state index is 13.8. The predicted molar refractivity (Wildman–Crippen MR) is 155 cm³/mol. The smallest absolute Gasteiger partial charge is 0.260 e. The minimum absolute atomic E-state index is 0.163. The lowest BCUT2D eigenvalue weighted by Crippen LogP contribution is -2.48. The minimum atomic E-state index is -3.70. The van der Waals surface area contributed by atoms with Crippen LogP contribution in [-0.2, 0) is 19.5 Å². The summed E-state index contributed by atoms with van der Waals surface area (Å²) >= 11 is 1.45. The van der Waals surface area contributed by atoms with E-state index in [0.29, 0.717) is 36.1 Å². The number of fused-ring (bicyclic) bond motifs is 1. The molecule has 0 saturated carbocycles. The Labute approximate surface area is 239 Å². The molecule has 2 aromatic carbocycles. The van der Waals surface area contributed by atoms with E-state index >= 15 is 0 Å². The van der Waals surface area contributed by atoms with Crippen molar-refractivity contribution in [2.24, 2.45) is 0 Å². The van der Waals surface area contributed by atoms with Crippen LogP contribution in [0.15, 0.2) is 47.4 Å². The SMILES string of the molecule is COc1ccc2sc(N(CCCN3CCOCC3)C(=O)c3ccc(S(=O)(=O)N4CC(C)OC(C)C4)cc3)nc2c1. The molecule has 12 heteroatoms. The Morgan fingerprint density at radius 1 is 1.10 bits per heavy atom. The van der Waals surface area contributed by atoms with Crippen LogP contribution in [0.1, 0.15) is 30.6 Å². The van der Waals surface area contributed by atoms with Crippen LogP contribution in [0.25, 0.3) is 10.2 Å². The molecule has 216 valence electrons. The van der Waals surface area contributed by atoms with Gasteiger partial charge in [0.25, 0.3) is 5.91 Å². The topological polar surface area (TPSA) is 102 Å². The van der Waals surface area contributed by atoms with Gasteiger partial charge in [-0.3, -0.25) is 14.6 Å². The molecule has 5 rings (SSSR count). The van der Waals surface area contributed by atoms with Gasteiger partial charge < -0.3 is 14.2 Å². The number of morpholine rings is 2. The van der Waals surface area contributed by atoms with E-state index in [0.717, 1.165) is 49.5 Å². The van der Waals surface area contributed by atoms with E-state index in [9.17, 15) is 13.2 Å². The maximum absolute atomic E-state index is 13.8. The third kappa shape index (κ3) is 6.48. The molecule has 0 aliphatic carbocycles. The predicted octanol–water partition coefficient (Wildman–Crippen LogP) is 3.47. The number of hydrogen-bond acceptors (Lipinski definition) is 9. The molecule has 40 heavy (non-hydrogen) atoms. The molecule has 2 fully saturated rings. The molecule has 3 aromatic rings. The maximum Gasteiger partial charge on any atom is 0.260 e. The molecule has 2 unspecified atom stereocenters. The molecule has 2 aliphatic heterocycles. The van der Waals surface area contributed by atoms with Crippen molar-refractivity contribution >= 4 is 42.6 Å². The first-order valence-corrected chi connectivity index (χ1v) is 15.8. The zero-order chi connectivity index (χ0) is 28.3. The van der Waals surface area contributed by atoms with E-state index in [1.54, 1.807) is 24.1 Å². The van der Waals surface area contributed by atoms with Crippen molar-refractivity contribution in [3.05, 3.63) is 48.0 Å². The van der Waals surface area contributed by atoms with Crippen LogP contribution in [0.3, 0.4) is 0 Å². The Morgan fingerprint density at radius 2 is 1.80 bits per heavy atom. The number of benzene rings is 2. The molecule has 10 nitrogen and oxygen atoms in total. The molecule has 0 N–H and O–H groups in total. The second-order valence-corrected chi connectivity index (χ2v) is 13.1. The highest BCUT2D eigenvalue weighted by atomic mass is 32.2. The highest BCUT2D eigenvalue weighted by molar-refractivity contribution is 7.89. The van der Waals surface area contributed by atoms with Gasteiger partial charge in [0.05, 0.1) is 47.6 Å². The molecule has 2 aliphatic rings. The molecule has 3 heterocycles. The van der Waals surface area contributed by atoms with E-state index in [-0.39, 0.29) is 23.0 Å². The van der Waals surface area contributed by atoms with Gasteiger partial charge in [0.1, 0.15) is 5.75 Å². The molecule has 0 spiro atoms. The lowest BCUT2D eigenvalue weighted by atomic mass is 10.2. The summed E-state index contributed by atoms with van der Waals surface area (Å²) in [4.78, 5) is 22.8. The van der Waals surface area contributed by atoms with Gasteiger partial charge in [-0.05, 0) is 56.7 Å². The van der Waals surface area contributed by atoms with Gasteiger partial charge in [-0.1, -0.05) is 11.3 Å². The highest BCUT2D eigenvalue weighted by Gasteiger charge is 2.32. The number of nitrogens with zero attached hydrogens (tertiary/aromatic N) is 4. The van der Waals surface area contributed by atoms with Gasteiger partial charge in [-0.25, -0.2) is 13.4 Å². The summed E-state index contributed by atoms with van der Waals surface area (Å²) in [6, 6.07) is 11.9. The van der Waals surface area contributed by atoms with Crippen molar-refractivity contribution in [3.63, 3.8) is 0 Å². The van der Waals surface area contributed by atoms with E-state index < -0.39 is 10.0 Å². The van der Waals surface area contributed by atoms with Crippen LogP contribution >= 0.6 is 11.3 Å². The quantitative estimate of drug-likeness (QED) is 0.375. The Hall–Kier alpha value is -2.61. The highest BCUT2D eigenvalue weighted by Crippen LogP contribution is 2.32. The summed E-state index contributed by atoms with van der Waals surface area (Å²) in [7, 11) is -2.09. The third-order valence-corrected chi connectivity index (χ3v) is 10.0. The Morgan fingerprint density at radius 3 is 2.48 bits per heavy atom. The Kier molecular flexibility index (Phi) is 9.03. The first-order chi connectivity index (χ1) is 19.2. The number of ether oxygens (including phenoxy) is 3. The number of methoxy groups -OCH3 is 1. The van der Waals surface area contributed by atoms with Crippen molar-refractivity contribution < 1.29 is 27.4 Å². The van der Waals surface area contributed by atoms with Crippen LogP contribution in [0, 0.1) is 0 Å². The van der Waals surface area contributed by atoms with Crippen LogP contribution in [0.4, 0.5) is 5.13 Å². The van der Waals surface area contributed by atoms with Crippen molar-refractivity contribution in [2.45, 2.75) is 37.4 Å². The standard InChI is InChI=1S/C28H36N4O6S2/c1-20-18-31(19-21(2)38-20)40(34,35)24-8-5-22(6-9-24)27(33)32(12-4-11-30-13-15-37-16-14-30)28-29-25-17-23(36-3)7-10-26(25)39-28/h5-10,17,20-21H,4,11-16,18-19H2,1-3H3. The first-order valence-electron chi connectivity index (χ1n) is 13.6. The van der Waals surface area contributed by atoms with Gasteiger partial charge in [0, 0.05) is 50.9 Å². The number of thiazole rings is 1. The van der Waals surface area contributed by atoms with Gasteiger partial charge in [-0.15, -0.1) is 0 Å². The Bertz CT molecular complexity index is 1410. The summed E-state index contributed by atoms with van der Waals surface area (Å²) in [5, 5.41) is 0.600. The second kappa shape index (κ2) is 12.5. The van der Waals surface area contributed by atoms with E-state index in [2.05, 4.69) is 4.90 Å². The molecule has 1 amide bonds. The minimum Gasteiger partial charge on any atom is -0.497 e. The van der Waals surface area contributed by atoms with Gasteiger partial charge in [0.15, 0.2) is 5.13 Å². The average molecular weight is 589 g/mol. The van der Waals surface area contributed by atoms with E-state index in [1.807, 2.05) is 32.0 Å². The van der Waals surface area contributed by atoms with Crippen LogP contribution < -0.4 is 9.64 Å². The molecule has 2 saturated heterocycles. The number of anilines is 1. The Balaban J connectivity index is 1.37. The normalized spacial score (nSPS) is 21.0. The summed E-state index contributed by atoms with van der Waals surface area (Å²) in [5.74, 6) is 0.487. The number of rotatable bonds is 9. The van der Waals surface area contributed by atoms with Crippen molar-refractivity contribution in [3.8, 4) is 5.75 Å². The monoisotopic (exact) mass is 588 g/mol. The molecular formula is C28H36N4O6S2. The van der Waals surface area contributed by atoms with Gasteiger partial charge >= 0.3 is 0 Å². The molecular weight excluding hydrogens is 552 g/mol. The third-order valence-electron chi connectivity index (χ3n) is 7.14. The molecule has 1 aromatic heterocycles. The van der Waals surface area contributed by atoms with Crippen molar-refractivity contribution in [1.29, 1.82) is 0 Å². The van der Waals surface area contributed by atoms with Crippen LogP contribution in [0.2, 0.25) is 0 Å². The fraction of sp³-hybridized carbons (Fsp3) is 0.500.